The quantitative estimate of drug-likeness (QED) is 0.708. The Bertz CT molecular complexity index is 359. The first-order valence-electron chi connectivity index (χ1n) is 8.36. The largest absolute Gasteiger partial charge is 0.368 e. The molecule has 4 nitrogen and oxygen atoms in total. The van der Waals surface area contributed by atoms with Crippen LogP contribution in [0.4, 0.5) is 0 Å². The monoisotopic (exact) mass is 279 g/mol. The second-order valence-corrected chi connectivity index (χ2v) is 7.38. The van der Waals surface area contributed by atoms with Crippen LogP contribution >= 0.6 is 0 Å². The smallest absolute Gasteiger partial charge is 0.239 e. The molecular weight excluding hydrogens is 250 g/mol. The van der Waals surface area contributed by atoms with Crippen LogP contribution in [0.5, 0.6) is 0 Å². The van der Waals surface area contributed by atoms with Crippen LogP contribution in [-0.2, 0) is 4.79 Å². The Labute approximate surface area is 122 Å². The molecule has 0 spiro atoms. The number of carbonyl (C=O) groups excluding carboxylic acids is 1. The van der Waals surface area contributed by atoms with Gasteiger partial charge >= 0.3 is 0 Å². The van der Waals surface area contributed by atoms with Gasteiger partial charge in [0.05, 0.1) is 0 Å². The lowest BCUT2D eigenvalue weighted by Crippen LogP contribution is -2.63. The lowest BCUT2D eigenvalue weighted by atomic mass is 9.90. The molecule has 0 heterocycles. The molecule has 1 atom stereocenters. The van der Waals surface area contributed by atoms with E-state index in [0.29, 0.717) is 12.0 Å². The SMILES string of the molecule is CN(CC1CCCC1)CC(NC1CC1)(C(N)=O)C1CC1. The number of nitrogens with one attached hydrogen (secondary N) is 1. The summed E-state index contributed by atoms with van der Waals surface area (Å²) in [5, 5.41) is 3.61. The van der Waals surface area contributed by atoms with Crippen molar-refractivity contribution in [3.05, 3.63) is 0 Å². The molecule has 4 heteroatoms. The molecule has 0 radical (unpaired) electrons. The Morgan fingerprint density at radius 1 is 1.20 bits per heavy atom. The van der Waals surface area contributed by atoms with Gasteiger partial charge in [-0.3, -0.25) is 10.1 Å². The summed E-state index contributed by atoms with van der Waals surface area (Å²) in [5.41, 5.74) is 5.35. The van der Waals surface area contributed by atoms with E-state index < -0.39 is 5.54 Å². The number of carbonyl (C=O) groups is 1. The van der Waals surface area contributed by atoms with E-state index in [-0.39, 0.29) is 5.91 Å². The van der Waals surface area contributed by atoms with Crippen molar-refractivity contribution >= 4 is 5.91 Å². The Morgan fingerprint density at radius 3 is 2.35 bits per heavy atom. The zero-order valence-electron chi connectivity index (χ0n) is 12.7. The van der Waals surface area contributed by atoms with Crippen molar-refractivity contribution in [1.29, 1.82) is 0 Å². The summed E-state index contributed by atoms with van der Waals surface area (Å²) >= 11 is 0. The van der Waals surface area contributed by atoms with Crippen LogP contribution in [-0.4, -0.2) is 42.5 Å². The van der Waals surface area contributed by atoms with Crippen molar-refractivity contribution in [3.8, 4) is 0 Å². The molecule has 1 unspecified atom stereocenters. The number of nitrogens with zero attached hydrogens (tertiary/aromatic N) is 1. The fourth-order valence-electron chi connectivity index (χ4n) is 3.93. The van der Waals surface area contributed by atoms with E-state index in [0.717, 1.165) is 31.8 Å². The summed E-state index contributed by atoms with van der Waals surface area (Å²) in [6.45, 7) is 1.91. The molecule has 3 aliphatic rings. The normalized spacial score (nSPS) is 26.9. The van der Waals surface area contributed by atoms with Gasteiger partial charge in [-0.25, -0.2) is 0 Å². The standard InChI is InChI=1S/C16H29N3O/c1-19(10-12-4-2-3-5-12)11-16(15(17)20,13-6-7-13)18-14-8-9-14/h12-14,18H,2-11H2,1H3,(H2,17,20). The minimum atomic E-state index is -0.464. The molecule has 3 rings (SSSR count). The predicted molar refractivity (Wildman–Crippen MR) is 80.3 cm³/mol. The number of primary amides is 1. The molecule has 0 aliphatic heterocycles. The Hall–Kier alpha value is -0.610. The topological polar surface area (TPSA) is 58.4 Å². The van der Waals surface area contributed by atoms with E-state index in [1.165, 1.54) is 38.5 Å². The van der Waals surface area contributed by atoms with Gasteiger partial charge < -0.3 is 10.6 Å². The lowest BCUT2D eigenvalue weighted by Gasteiger charge is -2.36. The van der Waals surface area contributed by atoms with E-state index in [1.807, 2.05) is 0 Å². The van der Waals surface area contributed by atoms with Crippen molar-refractivity contribution < 1.29 is 4.79 Å². The number of nitrogens with two attached hydrogens (primary N) is 1. The van der Waals surface area contributed by atoms with Gasteiger partial charge in [-0.2, -0.15) is 0 Å². The fourth-order valence-corrected chi connectivity index (χ4v) is 3.93. The number of likely N-dealkylation sites (N-methyl/N-ethyl adjacent to an activating group) is 1. The van der Waals surface area contributed by atoms with E-state index in [4.69, 9.17) is 5.73 Å². The number of rotatable bonds is 8. The van der Waals surface area contributed by atoms with Crippen LogP contribution in [0.15, 0.2) is 0 Å². The first kappa shape index (κ1) is 14.3. The third-order valence-corrected chi connectivity index (χ3v) is 5.32. The average Bonchev–Trinajstić information content (AvgIpc) is 3.29. The predicted octanol–water partition coefficient (Wildman–Crippen LogP) is 1.49. The van der Waals surface area contributed by atoms with Crippen molar-refractivity contribution in [2.75, 3.05) is 20.1 Å². The molecule has 0 saturated heterocycles. The molecule has 114 valence electrons. The Morgan fingerprint density at radius 2 is 1.85 bits per heavy atom. The molecule has 1 amide bonds. The van der Waals surface area contributed by atoms with Crippen LogP contribution in [0.3, 0.4) is 0 Å². The molecule has 0 aromatic heterocycles. The molecular formula is C16H29N3O. The number of hydrogen-bond acceptors (Lipinski definition) is 3. The van der Waals surface area contributed by atoms with Crippen LogP contribution in [0.1, 0.15) is 51.4 Å². The van der Waals surface area contributed by atoms with E-state index in [2.05, 4.69) is 17.3 Å². The lowest BCUT2D eigenvalue weighted by molar-refractivity contribution is -0.126. The van der Waals surface area contributed by atoms with Gasteiger partial charge in [0.15, 0.2) is 0 Å². The zero-order valence-corrected chi connectivity index (χ0v) is 12.7. The van der Waals surface area contributed by atoms with Crippen LogP contribution in [0, 0.1) is 11.8 Å². The van der Waals surface area contributed by atoms with Gasteiger partial charge in [-0.05, 0) is 57.4 Å². The first-order valence-corrected chi connectivity index (χ1v) is 8.36. The summed E-state index contributed by atoms with van der Waals surface area (Å²) in [7, 11) is 2.16. The Balaban J connectivity index is 1.63. The summed E-state index contributed by atoms with van der Waals surface area (Å²) in [5.74, 6) is 1.16. The Kier molecular flexibility index (Phi) is 4.04. The molecule has 0 aromatic carbocycles. The summed E-state index contributed by atoms with van der Waals surface area (Å²) in [4.78, 5) is 14.5. The van der Waals surface area contributed by atoms with Crippen LogP contribution < -0.4 is 11.1 Å². The second-order valence-electron chi connectivity index (χ2n) is 7.38. The van der Waals surface area contributed by atoms with E-state index in [9.17, 15) is 4.79 Å². The van der Waals surface area contributed by atoms with Crippen molar-refractivity contribution in [3.63, 3.8) is 0 Å². The third kappa shape index (κ3) is 3.17. The highest BCUT2D eigenvalue weighted by Gasteiger charge is 2.52. The number of amides is 1. The van der Waals surface area contributed by atoms with Gasteiger partial charge in [-0.15, -0.1) is 0 Å². The van der Waals surface area contributed by atoms with Crippen LogP contribution in [0.2, 0.25) is 0 Å². The van der Waals surface area contributed by atoms with Gasteiger partial charge in [-0.1, -0.05) is 12.8 Å². The van der Waals surface area contributed by atoms with Crippen molar-refractivity contribution in [2.45, 2.75) is 62.9 Å². The van der Waals surface area contributed by atoms with E-state index in [1.54, 1.807) is 0 Å². The minimum Gasteiger partial charge on any atom is -0.368 e. The van der Waals surface area contributed by atoms with E-state index >= 15 is 0 Å². The second kappa shape index (κ2) is 5.64. The zero-order chi connectivity index (χ0) is 14.2. The molecule has 3 aliphatic carbocycles. The maximum absolute atomic E-state index is 12.2. The van der Waals surface area contributed by atoms with Gasteiger partial charge in [0.25, 0.3) is 0 Å². The summed E-state index contributed by atoms with van der Waals surface area (Å²) in [6, 6.07) is 0.531. The highest BCUT2D eigenvalue weighted by Crippen LogP contribution is 2.42. The van der Waals surface area contributed by atoms with Crippen molar-refractivity contribution in [1.82, 2.24) is 10.2 Å². The highest BCUT2D eigenvalue weighted by atomic mass is 16.1. The summed E-state index contributed by atoms with van der Waals surface area (Å²) in [6.07, 6.45) is 10.2. The minimum absolute atomic E-state index is 0.134. The molecule has 0 aromatic rings. The molecule has 3 saturated carbocycles. The fraction of sp³-hybridized carbons (Fsp3) is 0.938. The van der Waals surface area contributed by atoms with Crippen LogP contribution in [0.25, 0.3) is 0 Å². The molecule has 3 fully saturated rings. The maximum atomic E-state index is 12.2. The highest BCUT2D eigenvalue weighted by molar-refractivity contribution is 5.86. The van der Waals surface area contributed by atoms with Gasteiger partial charge in [0.1, 0.15) is 5.54 Å². The molecule has 20 heavy (non-hydrogen) atoms. The molecule has 0 bridgehead atoms. The number of hydrogen-bond donors (Lipinski definition) is 2. The molecule has 3 N–H and O–H groups in total. The average molecular weight is 279 g/mol. The maximum Gasteiger partial charge on any atom is 0.239 e. The first-order chi connectivity index (χ1) is 9.60. The third-order valence-electron chi connectivity index (χ3n) is 5.32. The van der Waals surface area contributed by atoms with Gasteiger partial charge in [0.2, 0.25) is 5.91 Å². The van der Waals surface area contributed by atoms with Gasteiger partial charge in [0, 0.05) is 19.1 Å². The summed E-state index contributed by atoms with van der Waals surface area (Å²) < 4.78 is 0. The van der Waals surface area contributed by atoms with Crippen molar-refractivity contribution in [2.24, 2.45) is 17.6 Å².